The highest BCUT2D eigenvalue weighted by Crippen LogP contribution is 2.27. The number of benzene rings is 1. The van der Waals surface area contributed by atoms with E-state index in [-0.39, 0.29) is 24.7 Å². The molecule has 0 aromatic heterocycles. The number of sulfonamides is 1. The molecule has 166 valence electrons. The summed E-state index contributed by atoms with van der Waals surface area (Å²) in [5.74, 6) is -2.74. The molecule has 2 amide bonds. The number of carbonyl (C=O) groups is 3. The predicted octanol–water partition coefficient (Wildman–Crippen LogP) is 0.208. The fraction of sp³-hybridized carbons (Fsp3) is 0.500. The number of aliphatic imine (C=N–C) groups is 1. The molecule has 4 rings (SSSR count). The average Bonchev–Trinajstić information content (AvgIpc) is 2.75. The number of nitrogens with one attached hydrogen (secondary N) is 1. The first-order valence-corrected chi connectivity index (χ1v) is 11.8. The van der Waals surface area contributed by atoms with Gasteiger partial charge in [-0.25, -0.2) is 17.8 Å². The van der Waals surface area contributed by atoms with Gasteiger partial charge >= 0.3 is 0 Å². The van der Waals surface area contributed by atoms with Crippen molar-refractivity contribution >= 4 is 33.5 Å². The number of Topliss-reactive ketones (excluding diaryl/α,β-unsaturated/α-hetero) is 1. The van der Waals surface area contributed by atoms with E-state index in [1.54, 1.807) is 0 Å². The molecule has 0 spiro atoms. The van der Waals surface area contributed by atoms with Crippen LogP contribution in [0.25, 0.3) is 0 Å². The largest absolute Gasteiger partial charge is 0.350 e. The van der Waals surface area contributed by atoms with Crippen LogP contribution in [0.3, 0.4) is 0 Å². The van der Waals surface area contributed by atoms with Crippen LogP contribution in [0.2, 0.25) is 0 Å². The minimum absolute atomic E-state index is 0.0330. The molecule has 0 saturated carbocycles. The zero-order valence-corrected chi connectivity index (χ0v) is 17.6. The Balaban J connectivity index is 1.58. The zero-order chi connectivity index (χ0) is 22.2. The molecule has 1 aromatic carbocycles. The first-order chi connectivity index (χ1) is 14.8. The van der Waals surface area contributed by atoms with E-state index in [9.17, 15) is 27.2 Å². The van der Waals surface area contributed by atoms with E-state index in [0.717, 1.165) is 0 Å². The molecular weight excluding hydrogens is 427 g/mol. The molecule has 31 heavy (non-hydrogen) atoms. The van der Waals surface area contributed by atoms with Crippen molar-refractivity contribution in [2.45, 2.75) is 44.3 Å². The maximum Gasteiger partial charge on any atom is 0.298 e. The van der Waals surface area contributed by atoms with Crippen LogP contribution in [0, 0.1) is 5.82 Å². The Bertz CT molecular complexity index is 1040. The van der Waals surface area contributed by atoms with Crippen LogP contribution in [0.4, 0.5) is 4.39 Å². The molecule has 0 bridgehead atoms. The number of halogens is 1. The van der Waals surface area contributed by atoms with Gasteiger partial charge in [-0.3, -0.25) is 19.3 Å². The minimum Gasteiger partial charge on any atom is -0.350 e. The Morgan fingerprint density at radius 3 is 2.58 bits per heavy atom. The van der Waals surface area contributed by atoms with Gasteiger partial charge in [0.05, 0.1) is 11.8 Å². The normalized spacial score (nSPS) is 26.2. The summed E-state index contributed by atoms with van der Waals surface area (Å²) in [7, 11) is -3.49. The van der Waals surface area contributed by atoms with E-state index < -0.39 is 45.5 Å². The molecule has 0 aliphatic carbocycles. The highest BCUT2D eigenvalue weighted by molar-refractivity contribution is 7.89. The van der Waals surface area contributed by atoms with Crippen molar-refractivity contribution in [2.75, 3.05) is 18.8 Å². The number of amidine groups is 1. The van der Waals surface area contributed by atoms with Crippen LogP contribution in [0.1, 0.15) is 31.2 Å². The van der Waals surface area contributed by atoms with Crippen molar-refractivity contribution in [1.29, 1.82) is 0 Å². The smallest absolute Gasteiger partial charge is 0.298 e. The lowest BCUT2D eigenvalue weighted by Gasteiger charge is -2.42. The molecule has 2 unspecified atom stereocenters. The van der Waals surface area contributed by atoms with Crippen molar-refractivity contribution in [3.05, 3.63) is 35.6 Å². The third-order valence-electron chi connectivity index (χ3n) is 5.76. The quantitative estimate of drug-likeness (QED) is 0.520. The average molecular weight is 450 g/mol. The van der Waals surface area contributed by atoms with Crippen LogP contribution < -0.4 is 5.32 Å². The van der Waals surface area contributed by atoms with Crippen LogP contribution in [0.5, 0.6) is 0 Å². The molecule has 2 atom stereocenters. The van der Waals surface area contributed by atoms with Crippen molar-refractivity contribution in [1.82, 2.24) is 14.5 Å². The monoisotopic (exact) mass is 450 g/mol. The fourth-order valence-corrected chi connectivity index (χ4v) is 5.96. The van der Waals surface area contributed by atoms with Gasteiger partial charge in [-0.1, -0.05) is 12.1 Å². The molecule has 1 aromatic rings. The Morgan fingerprint density at radius 2 is 1.87 bits per heavy atom. The molecule has 3 aliphatic heterocycles. The lowest BCUT2D eigenvalue weighted by Crippen LogP contribution is -2.62. The first-order valence-electron chi connectivity index (χ1n) is 10.2. The third-order valence-corrected chi connectivity index (χ3v) is 7.72. The fourth-order valence-electron chi connectivity index (χ4n) is 4.17. The Labute approximate surface area is 179 Å². The molecular formula is C20H23FN4O5S. The number of ketones is 1. The molecule has 11 heteroatoms. The van der Waals surface area contributed by atoms with Gasteiger partial charge in [0, 0.05) is 19.6 Å². The number of carbonyl (C=O) groups excluding carboxylic acids is 3. The summed E-state index contributed by atoms with van der Waals surface area (Å²) in [6, 6.07) is 3.27. The van der Waals surface area contributed by atoms with Gasteiger partial charge in [-0.05, 0) is 43.4 Å². The van der Waals surface area contributed by atoms with E-state index in [2.05, 4.69) is 10.3 Å². The van der Waals surface area contributed by atoms with E-state index in [1.165, 1.54) is 33.5 Å². The molecule has 2 fully saturated rings. The Kier molecular flexibility index (Phi) is 5.89. The summed E-state index contributed by atoms with van der Waals surface area (Å²) >= 11 is 0. The summed E-state index contributed by atoms with van der Waals surface area (Å²) < 4.78 is 39.6. The maximum atomic E-state index is 13.0. The number of piperidine rings is 1. The second kappa shape index (κ2) is 8.46. The minimum atomic E-state index is -3.49. The van der Waals surface area contributed by atoms with Crippen molar-refractivity contribution in [3.63, 3.8) is 0 Å². The van der Waals surface area contributed by atoms with Gasteiger partial charge in [0.25, 0.3) is 17.6 Å². The number of fused-ring (bicyclic) bond motifs is 1. The molecule has 3 aliphatic rings. The van der Waals surface area contributed by atoms with Gasteiger partial charge in [0.2, 0.25) is 10.0 Å². The van der Waals surface area contributed by atoms with Crippen LogP contribution in [-0.2, 0) is 31.0 Å². The number of amides is 2. The summed E-state index contributed by atoms with van der Waals surface area (Å²) in [5.41, 5.74) is 0.619. The number of hydrogen-bond donors (Lipinski definition) is 1. The lowest BCUT2D eigenvalue weighted by molar-refractivity contribution is -0.146. The van der Waals surface area contributed by atoms with Crippen molar-refractivity contribution < 1.29 is 27.2 Å². The summed E-state index contributed by atoms with van der Waals surface area (Å²) in [6.45, 7) is 0.622. The summed E-state index contributed by atoms with van der Waals surface area (Å²) in [4.78, 5) is 43.4. The van der Waals surface area contributed by atoms with Crippen molar-refractivity contribution in [2.24, 2.45) is 4.99 Å². The number of nitrogens with zero attached hydrogens (tertiary/aromatic N) is 3. The lowest BCUT2D eigenvalue weighted by atomic mass is 9.98. The van der Waals surface area contributed by atoms with Crippen LogP contribution in [0.15, 0.2) is 29.3 Å². The Hall–Kier alpha value is -2.66. The van der Waals surface area contributed by atoms with E-state index in [0.29, 0.717) is 37.8 Å². The van der Waals surface area contributed by atoms with Gasteiger partial charge in [-0.2, -0.15) is 4.31 Å². The highest BCUT2D eigenvalue weighted by atomic mass is 32.2. The SMILES string of the molecule is O=C(NCc1ccc(F)cc1)C1N=C2C(N3CCCCS3(=O)=O)CCCN2C(=O)C1=O. The number of rotatable bonds is 4. The van der Waals surface area contributed by atoms with E-state index in [1.807, 2.05) is 0 Å². The van der Waals surface area contributed by atoms with Gasteiger partial charge in [0.1, 0.15) is 11.7 Å². The molecule has 9 nitrogen and oxygen atoms in total. The van der Waals surface area contributed by atoms with E-state index >= 15 is 0 Å². The van der Waals surface area contributed by atoms with Crippen LogP contribution in [-0.4, -0.2) is 72.0 Å². The van der Waals surface area contributed by atoms with Gasteiger partial charge < -0.3 is 5.32 Å². The number of hydrogen-bond acceptors (Lipinski definition) is 6. The van der Waals surface area contributed by atoms with Crippen molar-refractivity contribution in [3.8, 4) is 0 Å². The molecule has 2 saturated heterocycles. The zero-order valence-electron chi connectivity index (χ0n) is 16.8. The first kappa shape index (κ1) is 21.6. The summed E-state index contributed by atoms with van der Waals surface area (Å²) in [5, 5.41) is 2.55. The third kappa shape index (κ3) is 4.24. The summed E-state index contributed by atoms with van der Waals surface area (Å²) in [6.07, 6.45) is 2.29. The molecule has 3 heterocycles. The second-order valence-electron chi connectivity index (χ2n) is 7.85. The highest BCUT2D eigenvalue weighted by Gasteiger charge is 2.47. The second-order valence-corrected chi connectivity index (χ2v) is 9.89. The van der Waals surface area contributed by atoms with Gasteiger partial charge in [0.15, 0.2) is 6.04 Å². The van der Waals surface area contributed by atoms with Gasteiger partial charge in [-0.15, -0.1) is 0 Å². The maximum absolute atomic E-state index is 13.0. The van der Waals surface area contributed by atoms with E-state index in [4.69, 9.17) is 0 Å². The molecule has 1 N–H and O–H groups in total. The van der Waals surface area contributed by atoms with Crippen LogP contribution >= 0.6 is 0 Å². The standard InChI is InChI=1S/C20H23FN4O5S/c21-14-7-5-13(6-8-14)12-22-19(27)16-17(26)20(28)24-9-3-4-15(18(24)23-16)25-10-1-2-11-31(25,29)30/h5-8,15-16H,1-4,9-12H2,(H,22,27). The molecule has 0 radical (unpaired) electrons. The Morgan fingerprint density at radius 1 is 1.13 bits per heavy atom. The topological polar surface area (TPSA) is 116 Å². The predicted molar refractivity (Wildman–Crippen MR) is 109 cm³/mol.